The van der Waals surface area contributed by atoms with Crippen LogP contribution < -0.4 is 10.6 Å². The van der Waals surface area contributed by atoms with Gasteiger partial charge in [-0.25, -0.2) is 9.59 Å². The third-order valence-electron chi connectivity index (χ3n) is 3.05. The highest BCUT2D eigenvalue weighted by Gasteiger charge is 2.31. The average Bonchev–Trinajstić information content (AvgIpc) is 2.46. The number of rotatable bonds is 2. The van der Waals surface area contributed by atoms with E-state index in [4.69, 9.17) is 10.00 Å². The van der Waals surface area contributed by atoms with Gasteiger partial charge in [0.15, 0.2) is 0 Å². The molecule has 0 saturated carbocycles. The van der Waals surface area contributed by atoms with Gasteiger partial charge in [0, 0.05) is 5.70 Å². The lowest BCUT2D eigenvalue weighted by molar-refractivity contribution is -0.136. The van der Waals surface area contributed by atoms with Crippen LogP contribution in [0.3, 0.4) is 0 Å². The Morgan fingerprint density at radius 3 is 2.55 bits per heavy atom. The van der Waals surface area contributed by atoms with Crippen molar-refractivity contribution in [3.63, 3.8) is 0 Å². The van der Waals surface area contributed by atoms with Crippen molar-refractivity contribution in [1.29, 1.82) is 5.26 Å². The molecule has 1 atom stereocenters. The summed E-state index contributed by atoms with van der Waals surface area (Å²) in [5, 5.41) is 14.0. The molecular weight excluding hydrogens is 258 g/mol. The van der Waals surface area contributed by atoms with Crippen molar-refractivity contribution in [2.75, 3.05) is 7.11 Å². The molecule has 0 saturated heterocycles. The Bertz CT molecular complexity index is 626. The summed E-state index contributed by atoms with van der Waals surface area (Å²) >= 11 is 0. The standard InChI is InChI=1S/C14H13N3O3/c1-8-11(13(18)20-2)12(17-14(19)16-8)10-5-3-9(7-15)4-6-10/h3-6,12H,1-2H3,(H2,16,17,19)/t12-/m0/s1. The maximum atomic E-state index is 11.9. The number of amides is 2. The first kappa shape index (κ1) is 13.6. The lowest BCUT2D eigenvalue weighted by Gasteiger charge is -2.27. The van der Waals surface area contributed by atoms with Crippen LogP contribution in [-0.2, 0) is 9.53 Å². The van der Waals surface area contributed by atoms with Gasteiger partial charge in [0.05, 0.1) is 30.4 Å². The minimum atomic E-state index is -0.594. The fraction of sp³-hybridized carbons (Fsp3) is 0.214. The molecule has 0 unspecified atom stereocenters. The number of carbonyl (C=O) groups is 2. The molecular formula is C14H13N3O3. The predicted molar refractivity (Wildman–Crippen MR) is 70.3 cm³/mol. The maximum Gasteiger partial charge on any atom is 0.337 e. The first-order valence-electron chi connectivity index (χ1n) is 5.93. The van der Waals surface area contributed by atoms with Crippen LogP contribution in [0.4, 0.5) is 4.79 Å². The molecule has 6 heteroatoms. The summed E-state index contributed by atoms with van der Waals surface area (Å²) in [7, 11) is 1.29. The Kier molecular flexibility index (Phi) is 3.71. The van der Waals surface area contributed by atoms with E-state index in [1.54, 1.807) is 31.2 Å². The van der Waals surface area contributed by atoms with Gasteiger partial charge in [-0.15, -0.1) is 0 Å². The lowest BCUT2D eigenvalue weighted by atomic mass is 9.95. The quantitative estimate of drug-likeness (QED) is 0.794. The number of urea groups is 1. The number of carbonyl (C=O) groups excluding carboxylic acids is 2. The molecule has 2 N–H and O–H groups in total. The molecule has 1 aliphatic rings. The van der Waals surface area contributed by atoms with E-state index in [9.17, 15) is 9.59 Å². The van der Waals surface area contributed by atoms with Gasteiger partial charge in [-0.3, -0.25) is 0 Å². The Morgan fingerprint density at radius 2 is 2.00 bits per heavy atom. The first-order valence-corrected chi connectivity index (χ1v) is 5.93. The molecule has 6 nitrogen and oxygen atoms in total. The van der Waals surface area contributed by atoms with Gasteiger partial charge in [-0.1, -0.05) is 12.1 Å². The minimum absolute atomic E-state index is 0.344. The second-order valence-electron chi connectivity index (χ2n) is 4.30. The maximum absolute atomic E-state index is 11.9. The number of methoxy groups -OCH3 is 1. The summed E-state index contributed by atoms with van der Waals surface area (Å²) in [4.78, 5) is 23.4. The van der Waals surface area contributed by atoms with Gasteiger partial charge in [0.2, 0.25) is 0 Å². The summed E-state index contributed by atoms with van der Waals surface area (Å²) in [5.41, 5.74) is 2.01. The highest BCUT2D eigenvalue weighted by atomic mass is 16.5. The summed E-state index contributed by atoms with van der Waals surface area (Å²) in [6.07, 6.45) is 0. The molecule has 0 spiro atoms. The van der Waals surface area contributed by atoms with Crippen LogP contribution in [0, 0.1) is 11.3 Å². The number of nitriles is 1. The predicted octanol–water partition coefficient (Wildman–Crippen LogP) is 1.36. The van der Waals surface area contributed by atoms with Crippen LogP contribution in [0.25, 0.3) is 0 Å². The molecule has 0 fully saturated rings. The number of allylic oxidation sites excluding steroid dienone is 1. The largest absolute Gasteiger partial charge is 0.466 e. The topological polar surface area (TPSA) is 91.2 Å². The van der Waals surface area contributed by atoms with E-state index in [2.05, 4.69) is 10.6 Å². The fourth-order valence-electron chi connectivity index (χ4n) is 2.07. The van der Waals surface area contributed by atoms with Crippen LogP contribution in [-0.4, -0.2) is 19.1 Å². The molecule has 0 radical (unpaired) electrons. The summed E-state index contributed by atoms with van der Waals surface area (Å²) < 4.78 is 4.75. The third-order valence-corrected chi connectivity index (χ3v) is 3.05. The first-order chi connectivity index (χ1) is 9.56. The monoisotopic (exact) mass is 271 g/mol. The van der Waals surface area contributed by atoms with Crippen LogP contribution in [0.5, 0.6) is 0 Å². The molecule has 2 rings (SSSR count). The Balaban J connectivity index is 2.45. The molecule has 1 aliphatic heterocycles. The SMILES string of the molecule is COC(=O)C1=C(C)NC(=O)N[C@H]1c1ccc(C#N)cc1. The van der Waals surface area contributed by atoms with Crippen molar-refractivity contribution < 1.29 is 14.3 Å². The van der Waals surface area contributed by atoms with Crippen molar-refractivity contribution in [1.82, 2.24) is 10.6 Å². The molecule has 1 aromatic carbocycles. The number of hydrogen-bond donors (Lipinski definition) is 2. The van der Waals surface area contributed by atoms with Crippen molar-refractivity contribution in [3.05, 3.63) is 46.7 Å². The van der Waals surface area contributed by atoms with Crippen LogP contribution in [0.15, 0.2) is 35.5 Å². The zero-order chi connectivity index (χ0) is 14.7. The zero-order valence-corrected chi connectivity index (χ0v) is 11.1. The Labute approximate surface area is 116 Å². The van der Waals surface area contributed by atoms with Gasteiger partial charge in [-0.05, 0) is 24.6 Å². The number of benzene rings is 1. The molecule has 0 aliphatic carbocycles. The van der Waals surface area contributed by atoms with E-state index in [1.807, 2.05) is 6.07 Å². The summed E-state index contributed by atoms with van der Waals surface area (Å²) in [5.74, 6) is -0.510. The molecule has 1 heterocycles. The normalized spacial score (nSPS) is 17.9. The van der Waals surface area contributed by atoms with Crippen LogP contribution in [0.2, 0.25) is 0 Å². The van der Waals surface area contributed by atoms with Crippen molar-refractivity contribution in [3.8, 4) is 6.07 Å². The minimum Gasteiger partial charge on any atom is -0.466 e. The summed E-state index contributed by atoms with van der Waals surface area (Å²) in [6, 6.07) is 7.70. The molecule has 20 heavy (non-hydrogen) atoms. The highest BCUT2D eigenvalue weighted by Crippen LogP contribution is 2.27. The molecule has 1 aromatic rings. The Morgan fingerprint density at radius 1 is 1.35 bits per heavy atom. The van der Waals surface area contributed by atoms with Gasteiger partial charge < -0.3 is 15.4 Å². The van der Waals surface area contributed by atoms with Gasteiger partial charge in [0.25, 0.3) is 0 Å². The third kappa shape index (κ3) is 2.47. The average molecular weight is 271 g/mol. The van der Waals surface area contributed by atoms with Crippen molar-refractivity contribution in [2.45, 2.75) is 13.0 Å². The highest BCUT2D eigenvalue weighted by molar-refractivity contribution is 5.94. The molecule has 2 amide bonds. The number of nitrogens with one attached hydrogen (secondary N) is 2. The molecule has 0 bridgehead atoms. The number of hydrogen-bond acceptors (Lipinski definition) is 4. The van der Waals surface area contributed by atoms with Crippen LogP contribution in [0.1, 0.15) is 24.1 Å². The second kappa shape index (κ2) is 5.45. The number of esters is 1. The molecule has 0 aromatic heterocycles. The van der Waals surface area contributed by atoms with E-state index in [-0.39, 0.29) is 6.03 Å². The zero-order valence-electron chi connectivity index (χ0n) is 11.1. The van der Waals surface area contributed by atoms with Crippen LogP contribution >= 0.6 is 0 Å². The number of ether oxygens (including phenoxy) is 1. The smallest absolute Gasteiger partial charge is 0.337 e. The van der Waals surface area contributed by atoms with E-state index in [1.165, 1.54) is 7.11 Å². The van der Waals surface area contributed by atoms with E-state index >= 15 is 0 Å². The summed E-state index contributed by atoms with van der Waals surface area (Å²) in [6.45, 7) is 1.64. The van der Waals surface area contributed by atoms with Gasteiger partial charge in [0.1, 0.15) is 0 Å². The van der Waals surface area contributed by atoms with Crippen molar-refractivity contribution in [2.24, 2.45) is 0 Å². The fourth-order valence-corrected chi connectivity index (χ4v) is 2.07. The number of nitrogens with zero attached hydrogens (tertiary/aromatic N) is 1. The molecule has 102 valence electrons. The Hall–Kier alpha value is -2.81. The van der Waals surface area contributed by atoms with Gasteiger partial charge >= 0.3 is 12.0 Å². The van der Waals surface area contributed by atoms with Gasteiger partial charge in [-0.2, -0.15) is 5.26 Å². The van der Waals surface area contributed by atoms with E-state index < -0.39 is 12.0 Å². The van der Waals surface area contributed by atoms with E-state index in [0.717, 1.165) is 0 Å². The lowest BCUT2D eigenvalue weighted by Crippen LogP contribution is -2.45. The van der Waals surface area contributed by atoms with Crippen molar-refractivity contribution >= 4 is 12.0 Å². The second-order valence-corrected chi connectivity index (χ2v) is 4.30. The van der Waals surface area contributed by atoms with E-state index in [0.29, 0.717) is 22.4 Å².